The fourth-order valence-electron chi connectivity index (χ4n) is 1.93. The molecule has 1 heterocycles. The van der Waals surface area contributed by atoms with Crippen LogP contribution in [0.4, 0.5) is 25.6 Å². The minimum absolute atomic E-state index is 0.0301. The van der Waals surface area contributed by atoms with E-state index in [4.69, 9.17) is 0 Å². The van der Waals surface area contributed by atoms with E-state index in [1.165, 1.54) is 24.3 Å². The van der Waals surface area contributed by atoms with Crippen molar-refractivity contribution in [2.75, 3.05) is 16.0 Å². The lowest BCUT2D eigenvalue weighted by Crippen LogP contribution is -2.21. The number of aromatic nitrogens is 2. The van der Waals surface area contributed by atoms with E-state index in [0.717, 1.165) is 11.5 Å². The van der Waals surface area contributed by atoms with Gasteiger partial charge in [0.15, 0.2) is 10.7 Å². The van der Waals surface area contributed by atoms with Crippen molar-refractivity contribution in [1.29, 1.82) is 0 Å². The summed E-state index contributed by atoms with van der Waals surface area (Å²) in [4.78, 5) is 24.3. The van der Waals surface area contributed by atoms with Crippen LogP contribution in [0.25, 0.3) is 0 Å². The Labute approximate surface area is 146 Å². The van der Waals surface area contributed by atoms with Gasteiger partial charge in [0.05, 0.1) is 0 Å². The summed E-state index contributed by atoms with van der Waals surface area (Å²) in [6.45, 7) is 0. The maximum absolute atomic E-state index is 12.9. The molecule has 126 valence electrons. The summed E-state index contributed by atoms with van der Waals surface area (Å²) in [5, 5.41) is 11.7. The van der Waals surface area contributed by atoms with Crippen LogP contribution in [-0.4, -0.2) is 21.5 Å². The number of rotatable bonds is 4. The van der Waals surface area contributed by atoms with E-state index in [-0.39, 0.29) is 10.7 Å². The summed E-state index contributed by atoms with van der Waals surface area (Å²) >= 11 is 0.876. The molecule has 0 aliphatic heterocycles. The lowest BCUT2D eigenvalue weighted by Gasteiger charge is -2.07. The van der Waals surface area contributed by atoms with Crippen molar-refractivity contribution in [1.82, 2.24) is 9.59 Å². The average molecular weight is 357 g/mol. The molecule has 0 radical (unpaired) electrons. The first-order valence-electron chi connectivity index (χ1n) is 7.14. The zero-order valence-electron chi connectivity index (χ0n) is 12.7. The van der Waals surface area contributed by atoms with Crippen LogP contribution in [0.2, 0.25) is 0 Å². The lowest BCUT2D eigenvalue weighted by molar-refractivity contribution is 0.102. The van der Waals surface area contributed by atoms with E-state index in [2.05, 4.69) is 25.5 Å². The van der Waals surface area contributed by atoms with Gasteiger partial charge >= 0.3 is 6.03 Å². The third kappa shape index (κ3) is 4.36. The highest BCUT2D eigenvalue weighted by Gasteiger charge is 2.18. The zero-order valence-corrected chi connectivity index (χ0v) is 13.5. The van der Waals surface area contributed by atoms with E-state index < -0.39 is 17.8 Å². The number of carbonyl (C=O) groups is 2. The number of urea groups is 1. The summed E-state index contributed by atoms with van der Waals surface area (Å²) in [5.74, 6) is -0.969. The van der Waals surface area contributed by atoms with Gasteiger partial charge in [0.2, 0.25) is 0 Å². The summed E-state index contributed by atoms with van der Waals surface area (Å²) < 4.78 is 16.6. The molecule has 9 heteroatoms. The quantitative estimate of drug-likeness (QED) is 0.665. The van der Waals surface area contributed by atoms with Gasteiger partial charge in [0.25, 0.3) is 5.91 Å². The van der Waals surface area contributed by atoms with Crippen LogP contribution in [0.3, 0.4) is 0 Å². The summed E-state index contributed by atoms with van der Waals surface area (Å²) in [5.41, 5.74) is 0.978. The van der Waals surface area contributed by atoms with Gasteiger partial charge < -0.3 is 10.6 Å². The first kappa shape index (κ1) is 16.5. The Morgan fingerprint density at radius 1 is 0.880 bits per heavy atom. The molecule has 0 aliphatic carbocycles. The highest BCUT2D eigenvalue weighted by atomic mass is 32.1. The van der Waals surface area contributed by atoms with Gasteiger partial charge in [-0.05, 0) is 36.4 Å². The van der Waals surface area contributed by atoms with E-state index in [1.807, 2.05) is 6.07 Å². The molecule has 0 saturated carbocycles. The number of halogens is 1. The fraction of sp³-hybridized carbons (Fsp3) is 0. The third-order valence-corrected chi connectivity index (χ3v) is 3.71. The molecule has 0 fully saturated rings. The van der Waals surface area contributed by atoms with Gasteiger partial charge in [0.1, 0.15) is 5.82 Å². The molecule has 3 aromatic rings. The molecular formula is C16H12FN5O2S. The van der Waals surface area contributed by atoms with Crippen molar-refractivity contribution in [2.24, 2.45) is 0 Å². The van der Waals surface area contributed by atoms with Gasteiger partial charge in [-0.25, -0.2) is 9.18 Å². The van der Waals surface area contributed by atoms with Gasteiger partial charge in [-0.2, -0.15) is 0 Å². The van der Waals surface area contributed by atoms with Crippen LogP contribution in [-0.2, 0) is 0 Å². The molecule has 3 rings (SSSR count). The first-order chi connectivity index (χ1) is 12.1. The SMILES string of the molecule is O=C(Nc1ccccc1)Nc1snnc1C(=O)Nc1ccc(F)cc1. The Balaban J connectivity index is 1.66. The Morgan fingerprint density at radius 2 is 1.56 bits per heavy atom. The van der Waals surface area contributed by atoms with E-state index in [9.17, 15) is 14.0 Å². The molecule has 2 aromatic carbocycles. The highest BCUT2D eigenvalue weighted by Crippen LogP contribution is 2.20. The second kappa shape index (κ2) is 7.49. The van der Waals surface area contributed by atoms with E-state index in [1.54, 1.807) is 24.3 Å². The monoisotopic (exact) mass is 357 g/mol. The molecule has 0 aliphatic rings. The van der Waals surface area contributed by atoms with Crippen molar-refractivity contribution in [3.8, 4) is 0 Å². The van der Waals surface area contributed by atoms with Crippen LogP contribution in [0.5, 0.6) is 0 Å². The summed E-state index contributed by atoms with van der Waals surface area (Å²) in [6, 6.07) is 13.6. The normalized spacial score (nSPS) is 10.1. The van der Waals surface area contributed by atoms with Gasteiger partial charge in [-0.15, -0.1) is 5.10 Å². The molecule has 1 aromatic heterocycles. The third-order valence-electron chi connectivity index (χ3n) is 3.06. The summed E-state index contributed by atoms with van der Waals surface area (Å²) in [6.07, 6.45) is 0. The standard InChI is InChI=1S/C16H12FN5O2S/c17-10-6-8-12(9-7-10)18-14(23)13-15(25-22-21-13)20-16(24)19-11-4-2-1-3-5-11/h1-9H,(H,18,23)(H2,19,20,24). The van der Waals surface area contributed by atoms with E-state index in [0.29, 0.717) is 11.4 Å². The minimum Gasteiger partial charge on any atom is -0.320 e. The van der Waals surface area contributed by atoms with Crippen molar-refractivity contribution in [3.63, 3.8) is 0 Å². The lowest BCUT2D eigenvalue weighted by atomic mass is 10.3. The largest absolute Gasteiger partial charge is 0.324 e. The maximum Gasteiger partial charge on any atom is 0.324 e. The molecule has 3 N–H and O–H groups in total. The van der Waals surface area contributed by atoms with Crippen molar-refractivity contribution in [2.45, 2.75) is 0 Å². The van der Waals surface area contributed by atoms with Crippen LogP contribution in [0.1, 0.15) is 10.5 Å². The Morgan fingerprint density at radius 3 is 2.28 bits per heavy atom. The molecule has 0 saturated heterocycles. The second-order valence-corrected chi connectivity index (χ2v) is 5.61. The number of para-hydroxylation sites is 1. The Kier molecular flexibility index (Phi) is 4.95. The Bertz CT molecular complexity index is 883. The van der Waals surface area contributed by atoms with Crippen LogP contribution < -0.4 is 16.0 Å². The predicted molar refractivity (Wildman–Crippen MR) is 93.3 cm³/mol. The molecule has 7 nitrogen and oxygen atoms in total. The predicted octanol–water partition coefficient (Wildman–Crippen LogP) is 3.57. The Hall–Kier alpha value is -3.33. The molecule has 25 heavy (non-hydrogen) atoms. The maximum atomic E-state index is 12.9. The van der Waals surface area contributed by atoms with Gasteiger partial charge in [-0.1, -0.05) is 22.7 Å². The number of carbonyl (C=O) groups excluding carboxylic acids is 2. The van der Waals surface area contributed by atoms with Gasteiger partial charge in [0, 0.05) is 22.9 Å². The zero-order chi connectivity index (χ0) is 17.6. The number of anilines is 3. The van der Waals surface area contributed by atoms with Crippen LogP contribution >= 0.6 is 11.5 Å². The molecule has 3 amide bonds. The number of hydrogen-bond acceptors (Lipinski definition) is 5. The van der Waals surface area contributed by atoms with Crippen LogP contribution in [0, 0.1) is 5.82 Å². The molecule has 0 unspecified atom stereocenters. The molecular weight excluding hydrogens is 345 g/mol. The average Bonchev–Trinajstić information content (AvgIpc) is 3.06. The molecule has 0 spiro atoms. The topological polar surface area (TPSA) is 96.0 Å². The molecule has 0 atom stereocenters. The number of amides is 3. The summed E-state index contributed by atoms with van der Waals surface area (Å²) in [7, 11) is 0. The van der Waals surface area contributed by atoms with Crippen molar-refractivity contribution >= 4 is 39.8 Å². The van der Waals surface area contributed by atoms with Crippen molar-refractivity contribution in [3.05, 3.63) is 66.1 Å². The smallest absolute Gasteiger partial charge is 0.320 e. The fourth-order valence-corrected chi connectivity index (χ4v) is 2.49. The first-order valence-corrected chi connectivity index (χ1v) is 7.91. The van der Waals surface area contributed by atoms with Crippen molar-refractivity contribution < 1.29 is 14.0 Å². The number of nitrogens with zero attached hydrogens (tertiary/aromatic N) is 2. The molecule has 0 bridgehead atoms. The second-order valence-electron chi connectivity index (χ2n) is 4.86. The highest BCUT2D eigenvalue weighted by molar-refractivity contribution is 7.10. The number of nitrogens with one attached hydrogen (secondary N) is 3. The number of benzene rings is 2. The van der Waals surface area contributed by atoms with E-state index >= 15 is 0 Å². The van der Waals surface area contributed by atoms with Gasteiger partial charge in [-0.3, -0.25) is 10.1 Å². The number of hydrogen-bond donors (Lipinski definition) is 3. The minimum atomic E-state index is -0.560. The van der Waals surface area contributed by atoms with Crippen LogP contribution in [0.15, 0.2) is 54.6 Å².